The van der Waals surface area contributed by atoms with E-state index >= 15 is 0 Å². The van der Waals surface area contributed by atoms with Crippen LogP contribution < -0.4 is 5.73 Å². The number of aromatic nitrogens is 2. The van der Waals surface area contributed by atoms with Crippen LogP contribution >= 0.6 is 0 Å². The molecule has 0 saturated heterocycles. The molecule has 0 unspecified atom stereocenters. The van der Waals surface area contributed by atoms with Gasteiger partial charge in [0.15, 0.2) is 5.69 Å². The zero-order chi connectivity index (χ0) is 8.48. The number of anilines is 1. The molecule has 0 spiro atoms. The minimum absolute atomic E-state index is 0.236. The van der Waals surface area contributed by atoms with Crippen molar-refractivity contribution in [3.8, 4) is 0 Å². The number of nitrogen functional groups attached to an aromatic ring is 1. The SMILES string of the molecule is Nc1cncc(C(F)(F)F)n1. The smallest absolute Gasteiger partial charge is 0.382 e. The molecule has 0 fully saturated rings. The Labute approximate surface area is 60.1 Å². The Morgan fingerprint density at radius 2 is 1.91 bits per heavy atom. The van der Waals surface area contributed by atoms with Gasteiger partial charge in [-0.25, -0.2) is 4.98 Å². The summed E-state index contributed by atoms with van der Waals surface area (Å²) in [5.74, 6) is -0.236. The van der Waals surface area contributed by atoms with Gasteiger partial charge in [-0.3, -0.25) is 4.98 Å². The molecule has 0 aliphatic heterocycles. The first kappa shape index (κ1) is 7.77. The third-order valence-corrected chi connectivity index (χ3v) is 0.944. The highest BCUT2D eigenvalue weighted by molar-refractivity contribution is 5.24. The fourth-order valence-electron chi connectivity index (χ4n) is 0.518. The molecule has 0 amide bonds. The van der Waals surface area contributed by atoms with E-state index in [-0.39, 0.29) is 5.82 Å². The maximum Gasteiger partial charge on any atom is 0.434 e. The van der Waals surface area contributed by atoms with Gasteiger partial charge in [-0.2, -0.15) is 13.2 Å². The number of nitrogens with zero attached hydrogens (tertiary/aromatic N) is 2. The predicted molar refractivity (Wildman–Crippen MR) is 31.4 cm³/mol. The quantitative estimate of drug-likeness (QED) is 0.622. The molecule has 1 aromatic rings. The summed E-state index contributed by atoms with van der Waals surface area (Å²) in [7, 11) is 0. The lowest BCUT2D eigenvalue weighted by molar-refractivity contribution is -0.141. The Kier molecular flexibility index (Phi) is 1.67. The maximum absolute atomic E-state index is 11.8. The van der Waals surface area contributed by atoms with Crippen LogP contribution in [0.1, 0.15) is 5.69 Å². The van der Waals surface area contributed by atoms with Gasteiger partial charge in [-0.15, -0.1) is 0 Å². The van der Waals surface area contributed by atoms with Gasteiger partial charge in [-0.05, 0) is 0 Å². The summed E-state index contributed by atoms with van der Waals surface area (Å²) in [6.07, 6.45) is -2.80. The zero-order valence-corrected chi connectivity index (χ0v) is 5.26. The molecule has 1 rings (SSSR count). The van der Waals surface area contributed by atoms with E-state index in [0.717, 1.165) is 6.20 Å². The van der Waals surface area contributed by atoms with E-state index < -0.39 is 11.9 Å². The van der Waals surface area contributed by atoms with Crippen molar-refractivity contribution in [2.24, 2.45) is 0 Å². The molecule has 0 aliphatic carbocycles. The van der Waals surface area contributed by atoms with Crippen LogP contribution in [0.3, 0.4) is 0 Å². The van der Waals surface area contributed by atoms with Gasteiger partial charge in [0.25, 0.3) is 0 Å². The third-order valence-electron chi connectivity index (χ3n) is 0.944. The van der Waals surface area contributed by atoms with E-state index in [9.17, 15) is 13.2 Å². The normalized spacial score (nSPS) is 11.5. The van der Waals surface area contributed by atoms with Crippen LogP contribution in [0.4, 0.5) is 19.0 Å². The fraction of sp³-hybridized carbons (Fsp3) is 0.200. The van der Waals surface area contributed by atoms with Gasteiger partial charge in [0.2, 0.25) is 0 Å². The van der Waals surface area contributed by atoms with Gasteiger partial charge >= 0.3 is 6.18 Å². The zero-order valence-electron chi connectivity index (χ0n) is 5.26. The standard InChI is InChI=1S/C5H4F3N3/c6-5(7,8)3-1-10-2-4(9)11-3/h1-2H,(H2,9,11). The topological polar surface area (TPSA) is 51.8 Å². The van der Waals surface area contributed by atoms with Gasteiger partial charge < -0.3 is 5.73 Å². The molecular formula is C5H4F3N3. The number of hydrogen-bond donors (Lipinski definition) is 1. The van der Waals surface area contributed by atoms with Crippen molar-refractivity contribution in [1.29, 1.82) is 0 Å². The highest BCUT2D eigenvalue weighted by Gasteiger charge is 2.32. The summed E-state index contributed by atoms with van der Waals surface area (Å²) in [6, 6.07) is 0. The lowest BCUT2D eigenvalue weighted by atomic mass is 10.4. The second-order valence-electron chi connectivity index (χ2n) is 1.83. The minimum atomic E-state index is -4.47. The van der Waals surface area contributed by atoms with Gasteiger partial charge in [0.05, 0.1) is 12.4 Å². The highest BCUT2D eigenvalue weighted by Crippen LogP contribution is 2.26. The molecule has 0 bridgehead atoms. The van der Waals surface area contributed by atoms with Gasteiger partial charge in [0.1, 0.15) is 5.82 Å². The Hall–Kier alpha value is -1.33. The monoisotopic (exact) mass is 163 g/mol. The molecule has 1 aromatic heterocycles. The van der Waals surface area contributed by atoms with E-state index in [4.69, 9.17) is 5.73 Å². The van der Waals surface area contributed by atoms with Gasteiger partial charge in [-0.1, -0.05) is 0 Å². The van der Waals surface area contributed by atoms with Crippen molar-refractivity contribution in [2.45, 2.75) is 6.18 Å². The molecule has 11 heavy (non-hydrogen) atoms. The van der Waals surface area contributed by atoms with Crippen LogP contribution in [-0.4, -0.2) is 9.97 Å². The molecule has 0 aromatic carbocycles. The van der Waals surface area contributed by atoms with E-state index in [1.807, 2.05) is 0 Å². The lowest BCUT2D eigenvalue weighted by Crippen LogP contribution is -2.09. The third kappa shape index (κ3) is 1.79. The Morgan fingerprint density at radius 3 is 2.27 bits per heavy atom. The van der Waals surface area contributed by atoms with E-state index in [0.29, 0.717) is 6.20 Å². The molecular weight excluding hydrogens is 159 g/mol. The molecule has 0 radical (unpaired) electrons. The summed E-state index contributed by atoms with van der Waals surface area (Å²) in [5, 5.41) is 0. The first-order valence-corrected chi connectivity index (χ1v) is 2.65. The Morgan fingerprint density at radius 1 is 1.27 bits per heavy atom. The van der Waals surface area contributed by atoms with Crippen molar-refractivity contribution in [3.63, 3.8) is 0 Å². The second kappa shape index (κ2) is 2.37. The summed E-state index contributed by atoms with van der Waals surface area (Å²) in [4.78, 5) is 6.28. The molecule has 3 nitrogen and oxygen atoms in total. The summed E-state index contributed by atoms with van der Waals surface area (Å²) in [6.45, 7) is 0. The van der Waals surface area contributed by atoms with Crippen molar-refractivity contribution in [2.75, 3.05) is 5.73 Å². The van der Waals surface area contributed by atoms with Crippen LogP contribution in [-0.2, 0) is 6.18 Å². The first-order chi connectivity index (χ1) is 5.00. The molecule has 0 saturated carbocycles. The molecule has 1 heterocycles. The summed E-state index contributed by atoms with van der Waals surface area (Å²) < 4.78 is 35.4. The lowest BCUT2D eigenvalue weighted by Gasteiger charge is -2.03. The Bertz CT molecular complexity index is 257. The number of alkyl halides is 3. The van der Waals surface area contributed by atoms with Crippen molar-refractivity contribution < 1.29 is 13.2 Å². The number of rotatable bonds is 0. The van der Waals surface area contributed by atoms with Gasteiger partial charge in [0, 0.05) is 0 Å². The molecule has 2 N–H and O–H groups in total. The molecule has 60 valence electrons. The second-order valence-corrected chi connectivity index (χ2v) is 1.83. The average molecular weight is 163 g/mol. The van der Waals surface area contributed by atoms with E-state index in [1.165, 1.54) is 0 Å². The number of halogens is 3. The first-order valence-electron chi connectivity index (χ1n) is 2.65. The largest absolute Gasteiger partial charge is 0.434 e. The van der Waals surface area contributed by atoms with Crippen molar-refractivity contribution >= 4 is 5.82 Å². The van der Waals surface area contributed by atoms with Crippen LogP contribution in [0, 0.1) is 0 Å². The predicted octanol–water partition coefficient (Wildman–Crippen LogP) is 1.08. The maximum atomic E-state index is 11.8. The minimum Gasteiger partial charge on any atom is -0.382 e. The summed E-state index contributed by atoms with van der Waals surface area (Å²) >= 11 is 0. The van der Waals surface area contributed by atoms with Crippen LogP contribution in [0.2, 0.25) is 0 Å². The average Bonchev–Trinajstić information content (AvgIpc) is 1.86. The number of nitrogens with two attached hydrogens (primary N) is 1. The van der Waals surface area contributed by atoms with E-state index in [1.54, 1.807) is 0 Å². The van der Waals surface area contributed by atoms with Crippen LogP contribution in [0.25, 0.3) is 0 Å². The number of hydrogen-bond acceptors (Lipinski definition) is 3. The molecule has 0 atom stereocenters. The van der Waals surface area contributed by atoms with Crippen LogP contribution in [0.15, 0.2) is 12.4 Å². The van der Waals surface area contributed by atoms with E-state index in [2.05, 4.69) is 9.97 Å². The van der Waals surface area contributed by atoms with Crippen LogP contribution in [0.5, 0.6) is 0 Å². The molecule has 6 heteroatoms. The summed E-state index contributed by atoms with van der Waals surface area (Å²) in [5.41, 5.74) is 3.91. The molecule has 0 aliphatic rings. The Balaban J connectivity index is 3.06. The highest BCUT2D eigenvalue weighted by atomic mass is 19.4. The fourth-order valence-corrected chi connectivity index (χ4v) is 0.518. The van der Waals surface area contributed by atoms with Crippen molar-refractivity contribution in [3.05, 3.63) is 18.1 Å². The van der Waals surface area contributed by atoms with Crippen molar-refractivity contribution in [1.82, 2.24) is 9.97 Å².